The number of anilines is 9. The Bertz CT molecular complexity index is 7510. The Kier molecular flexibility index (Phi) is 16.6. The predicted octanol–water partition coefficient (Wildman–Crippen LogP) is 29.6. The fourth-order valence-electron chi connectivity index (χ4n) is 20.2. The van der Waals surface area contributed by atoms with Gasteiger partial charge in [0, 0.05) is 77.5 Å². The predicted molar refractivity (Wildman–Crippen MR) is 501 cm³/mol. The second-order valence-electron chi connectivity index (χ2n) is 31.4. The van der Waals surface area contributed by atoms with E-state index in [1.807, 2.05) is 0 Å². The van der Waals surface area contributed by atoms with Crippen LogP contribution in [0.2, 0.25) is 0 Å². The minimum atomic E-state index is -0.618. The topological polar surface area (TPSA) is 24.5 Å². The number of aromatic nitrogens is 3. The maximum Gasteiger partial charge on any atom is 0.0742 e. The molecule has 0 saturated carbocycles. The zero-order chi connectivity index (χ0) is 79.2. The summed E-state index contributed by atoms with van der Waals surface area (Å²) in [7, 11) is 0. The first-order valence-corrected chi connectivity index (χ1v) is 41.4. The fraction of sp³-hybridized carbons (Fsp3) is 0.0175. The van der Waals surface area contributed by atoms with Crippen molar-refractivity contribution in [2.45, 2.75) is 10.8 Å². The van der Waals surface area contributed by atoms with Gasteiger partial charge >= 0.3 is 0 Å². The fourth-order valence-corrected chi connectivity index (χ4v) is 20.2. The summed E-state index contributed by atoms with van der Waals surface area (Å²) in [6, 6.07) is 173. The van der Waals surface area contributed by atoms with E-state index in [4.69, 9.17) is 0 Å². The van der Waals surface area contributed by atoms with Crippen LogP contribution in [0.15, 0.2) is 473 Å². The van der Waals surface area contributed by atoms with E-state index in [2.05, 4.69) is 502 Å². The number of hydrogen-bond acceptors (Lipinski definition) is 3. The minimum absolute atomic E-state index is 0.599. The van der Waals surface area contributed by atoms with Crippen molar-refractivity contribution >= 4 is 127 Å². The first-order valence-electron chi connectivity index (χ1n) is 41.4. The van der Waals surface area contributed by atoms with E-state index >= 15 is 0 Å². The molecule has 0 spiro atoms. The molecule has 24 rings (SSSR count). The van der Waals surface area contributed by atoms with E-state index in [0.717, 1.165) is 56.9 Å². The van der Waals surface area contributed by atoms with Crippen molar-refractivity contribution in [3.63, 3.8) is 0 Å². The van der Waals surface area contributed by atoms with Gasteiger partial charge in [0.25, 0.3) is 0 Å². The third-order valence-electron chi connectivity index (χ3n) is 25.2. The van der Waals surface area contributed by atoms with Crippen LogP contribution in [-0.2, 0) is 10.8 Å². The Hall–Kier alpha value is -15.8. The van der Waals surface area contributed by atoms with Gasteiger partial charge in [-0.3, -0.25) is 0 Å². The SMILES string of the molecule is c1ccc(-n2c3ccccc3c3cc(C4(c5ccccc5)c5ccccc5N(c5ccc(-n6c7ccccc7c7ccccc76)cc5)c5ccccc54)ccc32)cc1.c1ccc(N(c2ccc(N3c4ccccc4C(c4ccccc4)(c4ccc5c(c4)c4ccccc4n5-c4ccccc4)c4ccccc43)cc2)c2cccc3ccccc23)cc1. The zero-order valence-corrected chi connectivity index (χ0v) is 65.7. The van der Waals surface area contributed by atoms with Gasteiger partial charge in [0.15, 0.2) is 0 Å². The number of rotatable bonds is 12. The molecule has 0 fully saturated rings. The molecule has 0 unspecified atom stereocenters. The molecule has 6 nitrogen and oxygen atoms in total. The third kappa shape index (κ3) is 10.8. The summed E-state index contributed by atoms with van der Waals surface area (Å²) in [6.07, 6.45) is 0. The lowest BCUT2D eigenvalue weighted by Gasteiger charge is -2.46. The average molecular weight is 1530 g/mol. The van der Waals surface area contributed by atoms with Crippen LogP contribution < -0.4 is 14.7 Å². The number of nitrogens with zero attached hydrogens (tertiary/aromatic N) is 6. The molecule has 0 amide bonds. The summed E-state index contributed by atoms with van der Waals surface area (Å²) in [5, 5.41) is 9.92. The molecule has 0 N–H and O–H groups in total. The summed E-state index contributed by atoms with van der Waals surface area (Å²) in [5.74, 6) is 0. The number of fused-ring (bicyclic) bond motifs is 14. The molecular formula is C114H78N6. The Labute approximate surface area is 696 Å². The van der Waals surface area contributed by atoms with Gasteiger partial charge in [0.05, 0.1) is 72.4 Å². The Morgan fingerprint density at radius 3 is 0.867 bits per heavy atom. The van der Waals surface area contributed by atoms with E-state index in [1.165, 1.54) is 132 Å². The van der Waals surface area contributed by atoms with Crippen molar-refractivity contribution < 1.29 is 0 Å². The highest BCUT2D eigenvalue weighted by Gasteiger charge is 2.49. The lowest BCUT2D eigenvalue weighted by atomic mass is 9.62. The lowest BCUT2D eigenvalue weighted by Crippen LogP contribution is -2.37. The first kappa shape index (κ1) is 69.7. The second-order valence-corrected chi connectivity index (χ2v) is 31.4. The molecule has 22 aromatic rings. The summed E-state index contributed by atoms with van der Waals surface area (Å²) in [5.41, 5.74) is 29.6. The van der Waals surface area contributed by atoms with E-state index in [9.17, 15) is 0 Å². The monoisotopic (exact) mass is 1530 g/mol. The number of benzene rings is 19. The summed E-state index contributed by atoms with van der Waals surface area (Å²) >= 11 is 0. The molecular weight excluding hydrogens is 1450 g/mol. The molecule has 0 saturated heterocycles. The van der Waals surface area contributed by atoms with Crippen LogP contribution in [0.25, 0.3) is 93.3 Å². The van der Waals surface area contributed by atoms with Gasteiger partial charge in [-0.05, 0) is 214 Å². The molecule has 2 aliphatic rings. The van der Waals surface area contributed by atoms with E-state index in [1.54, 1.807) is 0 Å². The van der Waals surface area contributed by atoms with Gasteiger partial charge in [0.2, 0.25) is 0 Å². The molecule has 19 aromatic carbocycles. The quantitative estimate of drug-likeness (QED) is 0.122. The normalized spacial score (nSPS) is 13.1. The molecule has 5 heterocycles. The standard InChI is InChI=1S/C59H41N3.C55H37N3/c1-4-21-43(22-5-1)59(44-35-40-56-51(41-44)50-28-12-15-31-55(50)61(56)46-25-8-3-9-26-46)52-29-13-16-32-57(52)62(58-33-17-14-30-53(58)59)48-38-36-47(37-39-48)60(45-23-6-2-7-24-45)54-34-18-20-42-19-10-11-27-49(42)54;1-3-17-38(18-4-1)55(39-31-36-52-46(37-39)45-23-9-14-28-51(45)56(52)40-19-5-2-6-20-40)47-24-10-15-29-53(47)58(54-30-16-11-25-48(54)55)42-34-32-41(33-35-42)57-49-26-12-7-21-43(49)44-22-8-13-27-50(44)57/h1-41H;1-37H. The van der Waals surface area contributed by atoms with Gasteiger partial charge in [-0.1, -0.05) is 309 Å². The first-order chi connectivity index (χ1) is 59.6. The number of para-hydroxylation sites is 11. The van der Waals surface area contributed by atoms with Crippen LogP contribution in [0.5, 0.6) is 0 Å². The smallest absolute Gasteiger partial charge is 0.0742 e. The lowest BCUT2D eigenvalue weighted by molar-refractivity contribution is 0.732. The van der Waals surface area contributed by atoms with Gasteiger partial charge in [-0.2, -0.15) is 0 Å². The average Bonchev–Trinajstić information content (AvgIpc) is 1.02. The van der Waals surface area contributed by atoms with E-state index in [0.29, 0.717) is 0 Å². The van der Waals surface area contributed by atoms with Gasteiger partial charge in [-0.25, -0.2) is 0 Å². The molecule has 0 aliphatic carbocycles. The number of hydrogen-bond donors (Lipinski definition) is 0. The van der Waals surface area contributed by atoms with Crippen LogP contribution in [0, 0.1) is 0 Å². The van der Waals surface area contributed by atoms with Crippen LogP contribution in [0.1, 0.15) is 44.5 Å². The minimum Gasteiger partial charge on any atom is -0.310 e. The highest BCUT2D eigenvalue weighted by atomic mass is 15.2. The van der Waals surface area contributed by atoms with Crippen molar-refractivity contribution in [1.82, 2.24) is 13.7 Å². The molecule has 6 heteroatoms. The van der Waals surface area contributed by atoms with Gasteiger partial charge in [-0.15, -0.1) is 0 Å². The largest absolute Gasteiger partial charge is 0.310 e. The molecule has 564 valence electrons. The molecule has 0 radical (unpaired) electrons. The Morgan fingerprint density at radius 2 is 0.458 bits per heavy atom. The van der Waals surface area contributed by atoms with E-state index < -0.39 is 10.8 Å². The van der Waals surface area contributed by atoms with Crippen LogP contribution >= 0.6 is 0 Å². The molecule has 120 heavy (non-hydrogen) atoms. The van der Waals surface area contributed by atoms with Crippen molar-refractivity contribution in [3.05, 3.63) is 518 Å². The summed E-state index contributed by atoms with van der Waals surface area (Å²) < 4.78 is 7.19. The molecule has 0 bridgehead atoms. The second kappa shape index (κ2) is 28.6. The Balaban J connectivity index is 0.000000140. The van der Waals surface area contributed by atoms with Gasteiger partial charge in [0.1, 0.15) is 0 Å². The molecule has 0 atom stereocenters. The van der Waals surface area contributed by atoms with Crippen molar-refractivity contribution in [1.29, 1.82) is 0 Å². The maximum absolute atomic E-state index is 2.47. The third-order valence-corrected chi connectivity index (χ3v) is 25.2. The van der Waals surface area contributed by atoms with Crippen LogP contribution in [0.3, 0.4) is 0 Å². The summed E-state index contributed by atoms with van der Waals surface area (Å²) in [6.45, 7) is 0. The van der Waals surface area contributed by atoms with E-state index in [-0.39, 0.29) is 0 Å². The van der Waals surface area contributed by atoms with Crippen molar-refractivity contribution in [3.8, 4) is 17.1 Å². The molecule has 3 aromatic heterocycles. The highest BCUT2D eigenvalue weighted by molar-refractivity contribution is 6.13. The molecule has 2 aliphatic heterocycles. The van der Waals surface area contributed by atoms with Crippen LogP contribution in [-0.4, -0.2) is 13.7 Å². The van der Waals surface area contributed by atoms with Gasteiger partial charge < -0.3 is 28.4 Å². The zero-order valence-electron chi connectivity index (χ0n) is 65.7. The van der Waals surface area contributed by atoms with Crippen molar-refractivity contribution in [2.75, 3.05) is 14.7 Å². The highest BCUT2D eigenvalue weighted by Crippen LogP contribution is 2.61. The summed E-state index contributed by atoms with van der Waals surface area (Å²) in [4.78, 5) is 7.29. The Morgan fingerprint density at radius 1 is 0.175 bits per heavy atom. The van der Waals surface area contributed by atoms with Crippen LogP contribution in [0.4, 0.5) is 51.2 Å². The van der Waals surface area contributed by atoms with Crippen molar-refractivity contribution in [2.24, 2.45) is 0 Å². The maximum atomic E-state index is 2.47.